The van der Waals surface area contributed by atoms with Gasteiger partial charge in [0.25, 0.3) is 11.5 Å². The molecule has 1 fully saturated rings. The fraction of sp³-hybridized carbons (Fsp3) is 0.357. The Labute approximate surface area is 204 Å². The number of carbonyl (C=O) groups excluding carboxylic acids is 1. The van der Waals surface area contributed by atoms with E-state index in [0.717, 1.165) is 17.5 Å². The van der Waals surface area contributed by atoms with Crippen molar-refractivity contribution in [1.82, 2.24) is 18.9 Å². The number of nitrogens with one attached hydrogen (secondary N) is 1. The fourth-order valence-electron chi connectivity index (χ4n) is 5.48. The van der Waals surface area contributed by atoms with Gasteiger partial charge < -0.3 is 9.47 Å². The predicted molar refractivity (Wildman–Crippen MR) is 137 cm³/mol. The lowest BCUT2D eigenvalue weighted by Crippen LogP contribution is -2.45. The first-order valence-electron chi connectivity index (χ1n) is 12.2. The van der Waals surface area contributed by atoms with Gasteiger partial charge in [-0.2, -0.15) is 0 Å². The van der Waals surface area contributed by atoms with Gasteiger partial charge in [0.15, 0.2) is 0 Å². The van der Waals surface area contributed by atoms with Crippen molar-refractivity contribution in [3.63, 3.8) is 0 Å². The summed E-state index contributed by atoms with van der Waals surface area (Å²) in [5.41, 5.74) is 2.90. The van der Waals surface area contributed by atoms with Crippen LogP contribution in [-0.4, -0.2) is 37.8 Å². The van der Waals surface area contributed by atoms with E-state index in [1.807, 2.05) is 61.2 Å². The van der Waals surface area contributed by atoms with Crippen molar-refractivity contribution in [2.45, 2.75) is 40.2 Å². The predicted octanol–water partition coefficient (Wildman–Crippen LogP) is 4.16. The summed E-state index contributed by atoms with van der Waals surface area (Å²) < 4.78 is 3.26. The van der Waals surface area contributed by atoms with Gasteiger partial charge in [-0.15, -0.1) is 0 Å². The smallest absolute Gasteiger partial charge is 0.267 e. The van der Waals surface area contributed by atoms with Crippen molar-refractivity contribution < 1.29 is 4.79 Å². The van der Waals surface area contributed by atoms with E-state index in [2.05, 4.69) is 13.8 Å². The summed E-state index contributed by atoms with van der Waals surface area (Å²) in [4.78, 5) is 34.1. The average molecular weight is 470 g/mol. The number of nitrogens with zero attached hydrogens (tertiary/aromatic N) is 4. The molecule has 5 rings (SSSR count). The molecule has 3 aromatic heterocycles. The molecule has 7 heteroatoms. The Morgan fingerprint density at radius 2 is 1.74 bits per heavy atom. The zero-order valence-corrected chi connectivity index (χ0v) is 20.7. The minimum atomic E-state index is -0.295. The Morgan fingerprint density at radius 1 is 1.06 bits per heavy atom. The van der Waals surface area contributed by atoms with Gasteiger partial charge in [0, 0.05) is 19.3 Å². The van der Waals surface area contributed by atoms with Crippen LogP contribution in [0.3, 0.4) is 0 Å². The van der Waals surface area contributed by atoms with Crippen molar-refractivity contribution in [2.24, 2.45) is 11.8 Å². The molecular formula is C28H31N5O2. The molecule has 1 saturated heterocycles. The third-order valence-electron chi connectivity index (χ3n) is 7.13. The molecule has 3 atom stereocenters. The van der Waals surface area contributed by atoms with E-state index in [-0.39, 0.29) is 28.6 Å². The normalized spacial score (nSPS) is 19.3. The highest BCUT2D eigenvalue weighted by Gasteiger charge is 2.29. The highest BCUT2D eigenvalue weighted by atomic mass is 16.2. The number of fused-ring (bicyclic) bond motifs is 2. The molecule has 1 N–H and O–H groups in total. The van der Waals surface area contributed by atoms with Crippen molar-refractivity contribution in [3.8, 4) is 0 Å². The van der Waals surface area contributed by atoms with E-state index in [1.54, 1.807) is 16.8 Å². The molecule has 3 unspecified atom stereocenters. The number of piperidine rings is 1. The SMILES string of the molecule is Cc1cccn2c(=O)c3cc(C(=O)N4CC(C)CC(C)C4)c(=N)n(C(C)c4ccccc4)c3nc12. The van der Waals surface area contributed by atoms with Gasteiger partial charge >= 0.3 is 0 Å². The second-order valence-corrected chi connectivity index (χ2v) is 10.1. The molecule has 1 amide bonds. The van der Waals surface area contributed by atoms with Crippen molar-refractivity contribution >= 4 is 22.6 Å². The van der Waals surface area contributed by atoms with E-state index in [0.29, 0.717) is 41.6 Å². The van der Waals surface area contributed by atoms with Crippen molar-refractivity contribution in [2.75, 3.05) is 13.1 Å². The molecule has 0 bridgehead atoms. The number of aryl methyl sites for hydroxylation is 1. The van der Waals surface area contributed by atoms with Crippen LogP contribution in [0, 0.1) is 24.2 Å². The zero-order valence-electron chi connectivity index (χ0n) is 20.7. The molecule has 4 aromatic rings. The zero-order chi connectivity index (χ0) is 24.9. The molecule has 1 aliphatic heterocycles. The summed E-state index contributed by atoms with van der Waals surface area (Å²) in [7, 11) is 0. The Bertz CT molecular complexity index is 1540. The third-order valence-corrected chi connectivity index (χ3v) is 7.13. The third kappa shape index (κ3) is 3.95. The second-order valence-electron chi connectivity index (χ2n) is 10.1. The molecular weight excluding hydrogens is 438 g/mol. The number of pyridine rings is 2. The summed E-state index contributed by atoms with van der Waals surface area (Å²) in [5, 5.41) is 9.50. The summed E-state index contributed by atoms with van der Waals surface area (Å²) in [5.74, 6) is 0.594. The largest absolute Gasteiger partial charge is 0.338 e. The maximum Gasteiger partial charge on any atom is 0.267 e. The van der Waals surface area contributed by atoms with E-state index < -0.39 is 0 Å². The Hall–Kier alpha value is -3.74. The number of carbonyl (C=O) groups is 1. The van der Waals surface area contributed by atoms with Gasteiger partial charge in [-0.3, -0.25) is 19.4 Å². The number of rotatable bonds is 3. The lowest BCUT2D eigenvalue weighted by atomic mass is 9.91. The van der Waals surface area contributed by atoms with E-state index in [1.165, 1.54) is 4.40 Å². The number of benzene rings is 1. The topological polar surface area (TPSA) is 83.5 Å². The van der Waals surface area contributed by atoms with Crippen molar-refractivity contribution in [1.29, 1.82) is 5.41 Å². The summed E-state index contributed by atoms with van der Waals surface area (Å²) in [6.07, 6.45) is 2.78. The Morgan fingerprint density at radius 3 is 2.43 bits per heavy atom. The van der Waals surface area contributed by atoms with Crippen LogP contribution >= 0.6 is 0 Å². The minimum Gasteiger partial charge on any atom is -0.338 e. The number of hydrogen-bond acceptors (Lipinski definition) is 4. The highest BCUT2D eigenvalue weighted by molar-refractivity contribution is 5.97. The van der Waals surface area contributed by atoms with Gasteiger partial charge in [0.2, 0.25) is 0 Å². The molecule has 180 valence electrons. The first-order valence-corrected chi connectivity index (χ1v) is 12.2. The molecule has 0 spiro atoms. The molecule has 35 heavy (non-hydrogen) atoms. The molecule has 1 aliphatic rings. The first kappa shape index (κ1) is 23.0. The lowest BCUT2D eigenvalue weighted by Gasteiger charge is -2.35. The Balaban J connectivity index is 1.81. The number of likely N-dealkylation sites (tertiary alicyclic amines) is 1. The monoisotopic (exact) mass is 469 g/mol. The maximum atomic E-state index is 13.8. The van der Waals surface area contributed by atoms with Crippen molar-refractivity contribution in [3.05, 3.63) is 87.3 Å². The van der Waals surface area contributed by atoms with E-state index in [9.17, 15) is 9.59 Å². The van der Waals surface area contributed by atoms with Gasteiger partial charge in [-0.1, -0.05) is 50.2 Å². The van der Waals surface area contributed by atoms with Crippen LogP contribution in [0.5, 0.6) is 0 Å². The highest BCUT2D eigenvalue weighted by Crippen LogP contribution is 2.24. The van der Waals surface area contributed by atoms with Gasteiger partial charge in [-0.05, 0) is 55.4 Å². The molecule has 0 radical (unpaired) electrons. The Kier molecular flexibility index (Phi) is 5.79. The molecule has 0 aliphatic carbocycles. The summed E-state index contributed by atoms with van der Waals surface area (Å²) >= 11 is 0. The maximum absolute atomic E-state index is 13.8. The van der Waals surface area contributed by atoms with Crippen LogP contribution in [0.4, 0.5) is 0 Å². The lowest BCUT2D eigenvalue weighted by molar-refractivity contribution is 0.0620. The second kappa shape index (κ2) is 8.80. The first-order chi connectivity index (χ1) is 16.8. The van der Waals surface area contributed by atoms with Gasteiger partial charge in [-0.25, -0.2) is 4.98 Å². The number of hydrogen-bond donors (Lipinski definition) is 1. The quantitative estimate of drug-likeness (QED) is 0.457. The number of amides is 1. The fourth-order valence-corrected chi connectivity index (χ4v) is 5.48. The van der Waals surface area contributed by atoms with Crippen LogP contribution < -0.4 is 11.0 Å². The number of aromatic nitrogens is 3. The van der Waals surface area contributed by atoms with E-state index in [4.69, 9.17) is 10.4 Å². The standard InChI is InChI=1S/C28H31N5O2/c1-17-13-18(2)16-31(15-17)27(34)22-14-23-26(30-25-19(3)9-8-12-32(25)28(23)35)33(24(22)29)20(4)21-10-6-5-7-11-21/h5-12,14,17-18,20,29H,13,15-16H2,1-4H3. The van der Waals surface area contributed by atoms with Gasteiger partial charge in [0.1, 0.15) is 16.8 Å². The van der Waals surface area contributed by atoms with Crippen LogP contribution in [0.1, 0.15) is 54.7 Å². The average Bonchev–Trinajstić information content (AvgIpc) is 2.84. The van der Waals surface area contributed by atoms with Gasteiger partial charge in [0.05, 0.1) is 17.0 Å². The molecule has 1 aromatic carbocycles. The summed E-state index contributed by atoms with van der Waals surface area (Å²) in [6.45, 7) is 9.51. The minimum absolute atomic E-state index is 0.0783. The summed E-state index contributed by atoms with van der Waals surface area (Å²) in [6, 6.07) is 14.8. The van der Waals surface area contributed by atoms with Crippen LogP contribution in [0.2, 0.25) is 0 Å². The van der Waals surface area contributed by atoms with Crippen LogP contribution in [0.15, 0.2) is 59.5 Å². The van der Waals surface area contributed by atoms with E-state index >= 15 is 0 Å². The molecule has 7 nitrogen and oxygen atoms in total. The van der Waals surface area contributed by atoms with Crippen LogP contribution in [-0.2, 0) is 0 Å². The molecule has 0 saturated carbocycles. The van der Waals surface area contributed by atoms with Crippen LogP contribution in [0.25, 0.3) is 16.7 Å². The molecule has 4 heterocycles.